The highest BCUT2D eigenvalue weighted by Crippen LogP contribution is 2.18. The average molecular weight is 384 g/mol. The summed E-state index contributed by atoms with van der Waals surface area (Å²) in [6.07, 6.45) is 5.54. The van der Waals surface area contributed by atoms with Crippen molar-refractivity contribution >= 4 is 17.7 Å². The third-order valence-corrected chi connectivity index (χ3v) is 5.17. The molecule has 0 aromatic rings. The summed E-state index contributed by atoms with van der Waals surface area (Å²) in [4.78, 5) is 39.2. The predicted molar refractivity (Wildman–Crippen MR) is 104 cm³/mol. The van der Waals surface area contributed by atoms with Crippen LogP contribution in [0.3, 0.4) is 0 Å². The van der Waals surface area contributed by atoms with Crippen LogP contribution in [0.25, 0.3) is 0 Å². The van der Waals surface area contributed by atoms with Gasteiger partial charge in [0, 0.05) is 25.4 Å². The maximum absolute atomic E-state index is 12.9. The molecule has 27 heavy (non-hydrogen) atoms. The van der Waals surface area contributed by atoms with Crippen LogP contribution in [-0.4, -0.2) is 47.0 Å². The number of hydrogen-bond donors (Lipinski definition) is 3. The molecular formula is C20H37N3O4. The van der Waals surface area contributed by atoms with E-state index in [9.17, 15) is 14.4 Å². The second-order valence-electron chi connectivity index (χ2n) is 8.38. The molecule has 0 aliphatic carbocycles. The van der Waals surface area contributed by atoms with Gasteiger partial charge in [0.1, 0.15) is 6.04 Å². The third-order valence-electron chi connectivity index (χ3n) is 5.17. The number of carbonyl (C=O) groups is 3. The van der Waals surface area contributed by atoms with Gasteiger partial charge in [0.2, 0.25) is 17.7 Å². The first-order valence-electron chi connectivity index (χ1n) is 10.3. The van der Waals surface area contributed by atoms with E-state index in [4.69, 9.17) is 5.21 Å². The van der Waals surface area contributed by atoms with Gasteiger partial charge in [-0.1, -0.05) is 47.0 Å². The highest BCUT2D eigenvalue weighted by molar-refractivity contribution is 5.90. The normalized spacial score (nSPS) is 17.4. The van der Waals surface area contributed by atoms with Gasteiger partial charge in [0.25, 0.3) is 0 Å². The summed E-state index contributed by atoms with van der Waals surface area (Å²) >= 11 is 0. The zero-order valence-corrected chi connectivity index (χ0v) is 17.3. The van der Waals surface area contributed by atoms with E-state index < -0.39 is 17.9 Å². The van der Waals surface area contributed by atoms with Crippen molar-refractivity contribution in [1.82, 2.24) is 15.7 Å². The summed E-state index contributed by atoms with van der Waals surface area (Å²) in [6, 6.07) is -0.585. The van der Waals surface area contributed by atoms with Crippen molar-refractivity contribution in [3.8, 4) is 0 Å². The summed E-state index contributed by atoms with van der Waals surface area (Å²) in [5.41, 5.74) is 1.66. The van der Waals surface area contributed by atoms with Crippen molar-refractivity contribution in [1.29, 1.82) is 0 Å². The molecule has 2 atom stereocenters. The fourth-order valence-electron chi connectivity index (χ4n) is 3.41. The fourth-order valence-corrected chi connectivity index (χ4v) is 3.41. The standard InChI is InChI=1S/C20H37N3O4/c1-14(2)9-10-16(19(25)22-27)13-17(24)21-18(15(3)4)20(26)23-11-7-5-6-8-12-23/h14-16,18,27H,5-13H2,1-4H3,(H,21,24)(H,22,25). The Balaban J connectivity index is 2.71. The van der Waals surface area contributed by atoms with Gasteiger partial charge in [-0.2, -0.15) is 0 Å². The molecule has 0 bridgehead atoms. The van der Waals surface area contributed by atoms with Crippen molar-refractivity contribution in [2.75, 3.05) is 13.1 Å². The minimum absolute atomic E-state index is 0.0321. The first-order chi connectivity index (χ1) is 12.8. The van der Waals surface area contributed by atoms with E-state index in [0.717, 1.165) is 45.2 Å². The van der Waals surface area contributed by atoms with Crippen molar-refractivity contribution in [3.05, 3.63) is 0 Å². The smallest absolute Gasteiger partial charge is 0.246 e. The molecule has 0 aromatic heterocycles. The van der Waals surface area contributed by atoms with E-state index >= 15 is 0 Å². The number of rotatable bonds is 9. The summed E-state index contributed by atoms with van der Waals surface area (Å²) in [6.45, 7) is 9.39. The maximum Gasteiger partial charge on any atom is 0.246 e. The van der Waals surface area contributed by atoms with Crippen LogP contribution in [0, 0.1) is 17.8 Å². The number of nitrogens with zero attached hydrogens (tertiary/aromatic N) is 1. The predicted octanol–water partition coefficient (Wildman–Crippen LogP) is 2.48. The third kappa shape index (κ3) is 8.28. The van der Waals surface area contributed by atoms with Crippen molar-refractivity contribution in [2.24, 2.45) is 17.8 Å². The van der Waals surface area contributed by atoms with E-state index in [-0.39, 0.29) is 24.2 Å². The Labute approximate surface area is 163 Å². The SMILES string of the molecule is CC(C)CCC(CC(=O)NC(C(=O)N1CCCCCC1)C(C)C)C(=O)NO. The lowest BCUT2D eigenvalue weighted by atomic mass is 9.93. The molecule has 3 amide bonds. The molecule has 0 saturated carbocycles. The molecule has 1 rings (SSSR count). The van der Waals surface area contributed by atoms with Gasteiger partial charge in [0.05, 0.1) is 0 Å². The van der Waals surface area contributed by atoms with E-state index in [1.165, 1.54) is 0 Å². The van der Waals surface area contributed by atoms with Crippen LogP contribution in [0.2, 0.25) is 0 Å². The van der Waals surface area contributed by atoms with Gasteiger partial charge in [0.15, 0.2) is 0 Å². The quantitative estimate of drug-likeness (QED) is 0.421. The van der Waals surface area contributed by atoms with Crippen LogP contribution in [0.1, 0.15) is 72.6 Å². The molecule has 7 nitrogen and oxygen atoms in total. The van der Waals surface area contributed by atoms with E-state index in [2.05, 4.69) is 5.32 Å². The fraction of sp³-hybridized carbons (Fsp3) is 0.850. The van der Waals surface area contributed by atoms with E-state index in [0.29, 0.717) is 12.3 Å². The molecular weight excluding hydrogens is 346 g/mol. The van der Waals surface area contributed by atoms with Crippen molar-refractivity contribution < 1.29 is 19.6 Å². The maximum atomic E-state index is 12.9. The zero-order valence-electron chi connectivity index (χ0n) is 17.3. The van der Waals surface area contributed by atoms with Gasteiger partial charge in [-0.05, 0) is 31.1 Å². The largest absolute Gasteiger partial charge is 0.344 e. The van der Waals surface area contributed by atoms with Gasteiger partial charge in [-0.3, -0.25) is 19.6 Å². The second kappa shape index (κ2) is 12.0. The number of nitrogens with one attached hydrogen (secondary N) is 2. The molecule has 1 heterocycles. The Morgan fingerprint density at radius 3 is 2.04 bits per heavy atom. The van der Waals surface area contributed by atoms with Gasteiger partial charge < -0.3 is 10.2 Å². The Morgan fingerprint density at radius 2 is 1.56 bits per heavy atom. The minimum Gasteiger partial charge on any atom is -0.344 e. The molecule has 0 spiro atoms. The highest BCUT2D eigenvalue weighted by Gasteiger charge is 2.30. The number of carbonyl (C=O) groups excluding carboxylic acids is 3. The Kier molecular flexibility index (Phi) is 10.4. The first-order valence-corrected chi connectivity index (χ1v) is 10.3. The summed E-state index contributed by atoms with van der Waals surface area (Å²) in [5.74, 6) is -1.15. The Morgan fingerprint density at radius 1 is 0.963 bits per heavy atom. The minimum atomic E-state index is -0.599. The molecule has 1 saturated heterocycles. The van der Waals surface area contributed by atoms with Crippen molar-refractivity contribution in [2.45, 2.75) is 78.7 Å². The molecule has 1 aliphatic rings. The number of hydroxylamine groups is 1. The second-order valence-corrected chi connectivity index (χ2v) is 8.38. The molecule has 0 radical (unpaired) electrons. The monoisotopic (exact) mass is 383 g/mol. The highest BCUT2D eigenvalue weighted by atomic mass is 16.5. The van der Waals surface area contributed by atoms with E-state index in [1.54, 1.807) is 5.48 Å². The van der Waals surface area contributed by atoms with Crippen LogP contribution in [0.5, 0.6) is 0 Å². The van der Waals surface area contributed by atoms with Crippen LogP contribution in [0.15, 0.2) is 0 Å². The van der Waals surface area contributed by atoms with E-state index in [1.807, 2.05) is 32.6 Å². The van der Waals surface area contributed by atoms with Gasteiger partial charge in [-0.25, -0.2) is 5.48 Å². The molecule has 1 aliphatic heterocycles. The topological polar surface area (TPSA) is 98.7 Å². The van der Waals surface area contributed by atoms with Crippen molar-refractivity contribution in [3.63, 3.8) is 0 Å². The lowest BCUT2D eigenvalue weighted by Gasteiger charge is -2.29. The summed E-state index contributed by atoms with van der Waals surface area (Å²) in [7, 11) is 0. The average Bonchev–Trinajstić information content (AvgIpc) is 2.90. The first kappa shape index (κ1) is 23.4. The van der Waals surface area contributed by atoms with Crippen LogP contribution >= 0.6 is 0 Å². The Bertz CT molecular complexity index is 486. The molecule has 0 aromatic carbocycles. The zero-order chi connectivity index (χ0) is 20.4. The lowest BCUT2D eigenvalue weighted by molar-refractivity contribution is -0.139. The van der Waals surface area contributed by atoms with Gasteiger partial charge in [-0.15, -0.1) is 0 Å². The Hall–Kier alpha value is -1.63. The number of hydrogen-bond acceptors (Lipinski definition) is 4. The molecule has 3 N–H and O–H groups in total. The van der Waals surface area contributed by atoms with Crippen LogP contribution in [-0.2, 0) is 14.4 Å². The van der Waals surface area contributed by atoms with Crippen LogP contribution in [0.4, 0.5) is 0 Å². The summed E-state index contributed by atoms with van der Waals surface area (Å²) < 4.78 is 0. The van der Waals surface area contributed by atoms with Crippen LogP contribution < -0.4 is 10.8 Å². The molecule has 2 unspecified atom stereocenters. The number of amides is 3. The lowest BCUT2D eigenvalue weighted by Crippen LogP contribution is -2.52. The van der Waals surface area contributed by atoms with Gasteiger partial charge >= 0.3 is 0 Å². The summed E-state index contributed by atoms with van der Waals surface area (Å²) in [5, 5.41) is 11.8. The molecule has 1 fully saturated rings. The molecule has 156 valence electrons. The molecule has 7 heteroatoms. The number of likely N-dealkylation sites (tertiary alicyclic amines) is 1.